The van der Waals surface area contributed by atoms with Gasteiger partial charge in [0.05, 0.1) is 6.54 Å². The van der Waals surface area contributed by atoms with Gasteiger partial charge in [0.25, 0.3) is 0 Å². The fourth-order valence-corrected chi connectivity index (χ4v) is 3.05. The van der Waals surface area contributed by atoms with Gasteiger partial charge in [-0.1, -0.05) is 45.0 Å². The lowest BCUT2D eigenvalue weighted by molar-refractivity contribution is -0.133. The second-order valence-corrected chi connectivity index (χ2v) is 7.97. The summed E-state index contributed by atoms with van der Waals surface area (Å²) < 4.78 is 0. The Bertz CT molecular complexity index is 638. The number of hydrogen-bond acceptors (Lipinski definition) is 3. The molecule has 0 spiro atoms. The maximum absolute atomic E-state index is 12.2. The summed E-state index contributed by atoms with van der Waals surface area (Å²) >= 11 is 0. The predicted molar refractivity (Wildman–Crippen MR) is 102 cm³/mol. The fourth-order valence-electron chi connectivity index (χ4n) is 3.05. The van der Waals surface area contributed by atoms with Crippen molar-refractivity contribution in [1.82, 2.24) is 10.2 Å². The second-order valence-electron chi connectivity index (χ2n) is 7.97. The van der Waals surface area contributed by atoms with Gasteiger partial charge in [-0.15, -0.1) is 0 Å². The molecule has 5 heteroatoms. The van der Waals surface area contributed by atoms with Gasteiger partial charge in [0.15, 0.2) is 5.78 Å². The number of Topliss-reactive ketones (excluding diaryl/α,β-unsaturated/α-hetero) is 1. The number of carbonyl (C=O) groups is 3. The van der Waals surface area contributed by atoms with Crippen molar-refractivity contribution in [2.75, 3.05) is 19.6 Å². The normalized spacial score (nSPS) is 14.8. The average Bonchev–Trinajstić information content (AvgIpc) is 2.64. The first-order valence-corrected chi connectivity index (χ1v) is 9.45. The molecule has 1 aliphatic rings. The summed E-state index contributed by atoms with van der Waals surface area (Å²) in [5.41, 5.74) is 1.83. The standard InChI is InChI=1S/C21H30N2O3/c1-21(2,3)17-9-7-16(8-10-17)18(24)11-12-19(25)22-15-20(26)23-13-5-4-6-14-23/h7-10H,4-6,11-15H2,1-3H3,(H,22,25). The third-order valence-electron chi connectivity index (χ3n) is 4.80. The van der Waals surface area contributed by atoms with Gasteiger partial charge in [-0.25, -0.2) is 0 Å². The second kappa shape index (κ2) is 8.97. The van der Waals surface area contributed by atoms with E-state index in [1.165, 1.54) is 5.56 Å². The van der Waals surface area contributed by atoms with Crippen LogP contribution in [0.5, 0.6) is 0 Å². The molecule has 1 aromatic carbocycles. The van der Waals surface area contributed by atoms with Crippen LogP contribution in [0.15, 0.2) is 24.3 Å². The first kappa shape index (κ1) is 20.1. The van der Waals surface area contributed by atoms with Crippen molar-refractivity contribution >= 4 is 17.6 Å². The van der Waals surface area contributed by atoms with Crippen LogP contribution < -0.4 is 5.32 Å². The first-order valence-electron chi connectivity index (χ1n) is 9.45. The van der Waals surface area contributed by atoms with Crippen LogP contribution in [0.1, 0.15) is 68.8 Å². The number of amides is 2. The Balaban J connectivity index is 1.74. The minimum absolute atomic E-state index is 0.0211. The summed E-state index contributed by atoms with van der Waals surface area (Å²) in [4.78, 5) is 38.0. The lowest BCUT2D eigenvalue weighted by atomic mass is 9.86. The molecule has 0 atom stereocenters. The quantitative estimate of drug-likeness (QED) is 0.795. The van der Waals surface area contributed by atoms with Gasteiger partial charge in [-0.3, -0.25) is 14.4 Å². The zero-order chi connectivity index (χ0) is 19.2. The molecule has 0 aliphatic carbocycles. The summed E-state index contributed by atoms with van der Waals surface area (Å²) in [6.07, 6.45) is 3.48. The van der Waals surface area contributed by atoms with E-state index in [1.54, 1.807) is 4.90 Å². The molecule has 1 aliphatic heterocycles. The zero-order valence-corrected chi connectivity index (χ0v) is 16.1. The third kappa shape index (κ3) is 5.97. The number of benzene rings is 1. The van der Waals surface area contributed by atoms with Gasteiger partial charge in [0, 0.05) is 31.5 Å². The van der Waals surface area contributed by atoms with Gasteiger partial charge >= 0.3 is 0 Å². The van der Waals surface area contributed by atoms with Crippen molar-refractivity contribution in [2.24, 2.45) is 0 Å². The van der Waals surface area contributed by atoms with E-state index >= 15 is 0 Å². The number of ketones is 1. The van der Waals surface area contributed by atoms with Crippen molar-refractivity contribution in [3.63, 3.8) is 0 Å². The Hall–Kier alpha value is -2.17. The monoisotopic (exact) mass is 358 g/mol. The predicted octanol–water partition coefficient (Wildman–Crippen LogP) is 3.08. The van der Waals surface area contributed by atoms with Gasteiger partial charge in [0.2, 0.25) is 11.8 Å². The molecule has 1 saturated heterocycles. The van der Waals surface area contributed by atoms with Crippen molar-refractivity contribution in [3.05, 3.63) is 35.4 Å². The van der Waals surface area contributed by atoms with E-state index in [-0.39, 0.29) is 42.4 Å². The fraction of sp³-hybridized carbons (Fsp3) is 0.571. The van der Waals surface area contributed by atoms with Crippen LogP contribution in [0.25, 0.3) is 0 Å². The molecular formula is C21H30N2O3. The molecule has 0 saturated carbocycles. The number of nitrogens with one attached hydrogen (secondary N) is 1. The van der Waals surface area contributed by atoms with Crippen LogP contribution in [0, 0.1) is 0 Å². The highest BCUT2D eigenvalue weighted by molar-refractivity contribution is 5.98. The number of hydrogen-bond donors (Lipinski definition) is 1. The van der Waals surface area contributed by atoms with E-state index in [9.17, 15) is 14.4 Å². The van der Waals surface area contributed by atoms with E-state index in [0.717, 1.165) is 32.4 Å². The Labute approximate surface area is 156 Å². The largest absolute Gasteiger partial charge is 0.347 e. The molecule has 1 fully saturated rings. The van der Waals surface area contributed by atoms with Gasteiger partial charge in [0.1, 0.15) is 0 Å². The molecule has 142 valence electrons. The van der Waals surface area contributed by atoms with E-state index in [2.05, 4.69) is 26.1 Å². The number of carbonyl (C=O) groups excluding carboxylic acids is 3. The zero-order valence-electron chi connectivity index (χ0n) is 16.1. The Morgan fingerprint density at radius 3 is 2.15 bits per heavy atom. The van der Waals surface area contributed by atoms with Crippen LogP contribution in [0.2, 0.25) is 0 Å². The molecular weight excluding hydrogens is 328 g/mol. The van der Waals surface area contributed by atoms with Crippen molar-refractivity contribution in [2.45, 2.75) is 58.3 Å². The molecule has 26 heavy (non-hydrogen) atoms. The number of piperidine rings is 1. The van der Waals surface area contributed by atoms with Gasteiger partial charge in [-0.2, -0.15) is 0 Å². The Kier molecular flexibility index (Phi) is 6.95. The Morgan fingerprint density at radius 1 is 0.962 bits per heavy atom. The molecule has 2 rings (SSSR count). The molecule has 1 N–H and O–H groups in total. The lowest BCUT2D eigenvalue weighted by Gasteiger charge is -2.26. The molecule has 0 unspecified atom stereocenters. The summed E-state index contributed by atoms with van der Waals surface area (Å²) in [5.74, 6) is -0.347. The number of nitrogens with zero attached hydrogens (tertiary/aromatic N) is 1. The van der Waals surface area contributed by atoms with Gasteiger partial charge in [-0.05, 0) is 30.2 Å². The van der Waals surface area contributed by atoms with E-state index in [0.29, 0.717) is 5.56 Å². The Morgan fingerprint density at radius 2 is 1.58 bits per heavy atom. The summed E-state index contributed by atoms with van der Waals surface area (Å²) in [7, 11) is 0. The summed E-state index contributed by atoms with van der Waals surface area (Å²) in [5, 5.41) is 2.63. The SMILES string of the molecule is CC(C)(C)c1ccc(C(=O)CCC(=O)NCC(=O)N2CCCCC2)cc1. The van der Waals surface area contributed by atoms with Crippen LogP contribution in [0.3, 0.4) is 0 Å². The topological polar surface area (TPSA) is 66.5 Å². The lowest BCUT2D eigenvalue weighted by Crippen LogP contribution is -2.42. The molecule has 5 nitrogen and oxygen atoms in total. The van der Waals surface area contributed by atoms with E-state index < -0.39 is 0 Å². The molecule has 0 bridgehead atoms. The van der Waals surface area contributed by atoms with Crippen LogP contribution >= 0.6 is 0 Å². The van der Waals surface area contributed by atoms with Crippen LogP contribution in [0.4, 0.5) is 0 Å². The van der Waals surface area contributed by atoms with Crippen molar-refractivity contribution in [1.29, 1.82) is 0 Å². The van der Waals surface area contributed by atoms with Gasteiger partial charge < -0.3 is 10.2 Å². The third-order valence-corrected chi connectivity index (χ3v) is 4.80. The first-order chi connectivity index (χ1) is 12.3. The van der Waals surface area contributed by atoms with E-state index in [1.807, 2.05) is 24.3 Å². The summed E-state index contributed by atoms with van der Waals surface area (Å²) in [6, 6.07) is 7.57. The smallest absolute Gasteiger partial charge is 0.241 e. The summed E-state index contributed by atoms with van der Waals surface area (Å²) in [6.45, 7) is 7.95. The average molecular weight is 358 g/mol. The van der Waals surface area contributed by atoms with Crippen molar-refractivity contribution in [3.8, 4) is 0 Å². The molecule has 1 heterocycles. The molecule has 1 aromatic rings. The maximum atomic E-state index is 12.2. The van der Waals surface area contributed by atoms with Crippen molar-refractivity contribution < 1.29 is 14.4 Å². The highest BCUT2D eigenvalue weighted by atomic mass is 16.2. The highest BCUT2D eigenvalue weighted by Crippen LogP contribution is 2.22. The number of rotatable bonds is 6. The molecule has 0 aromatic heterocycles. The molecule has 0 radical (unpaired) electrons. The maximum Gasteiger partial charge on any atom is 0.241 e. The van der Waals surface area contributed by atoms with Crippen LogP contribution in [-0.2, 0) is 15.0 Å². The van der Waals surface area contributed by atoms with Crippen LogP contribution in [-0.4, -0.2) is 42.1 Å². The number of likely N-dealkylation sites (tertiary alicyclic amines) is 1. The minimum atomic E-state index is -0.255. The minimum Gasteiger partial charge on any atom is -0.347 e. The van der Waals surface area contributed by atoms with E-state index in [4.69, 9.17) is 0 Å². The highest BCUT2D eigenvalue weighted by Gasteiger charge is 2.18. The molecule has 2 amide bonds.